The minimum absolute atomic E-state index is 0.277. The summed E-state index contributed by atoms with van der Waals surface area (Å²) in [4.78, 5) is 33.4. The number of halogens is 2. The van der Waals surface area contributed by atoms with E-state index in [1.807, 2.05) is 11.0 Å². The Balaban J connectivity index is 1.60. The van der Waals surface area contributed by atoms with Crippen molar-refractivity contribution < 1.29 is 23.1 Å². The summed E-state index contributed by atoms with van der Waals surface area (Å²) in [7, 11) is 0. The molecule has 3 heterocycles. The van der Waals surface area contributed by atoms with Crippen LogP contribution in [0.1, 0.15) is 26.3 Å². The third-order valence-electron chi connectivity index (χ3n) is 5.06. The van der Waals surface area contributed by atoms with Crippen LogP contribution >= 0.6 is 0 Å². The fourth-order valence-electron chi connectivity index (χ4n) is 3.52. The predicted molar refractivity (Wildman–Crippen MR) is 104 cm³/mol. The molecular weight excluding hydrogens is 396 g/mol. The van der Waals surface area contributed by atoms with E-state index in [0.29, 0.717) is 24.5 Å². The van der Waals surface area contributed by atoms with E-state index in [-0.39, 0.29) is 19.6 Å². The van der Waals surface area contributed by atoms with Crippen molar-refractivity contribution in [1.29, 1.82) is 5.26 Å². The van der Waals surface area contributed by atoms with E-state index < -0.39 is 36.0 Å². The number of nitrogens with zero attached hydrogens (tertiary/aromatic N) is 5. The second kappa shape index (κ2) is 8.05. The van der Waals surface area contributed by atoms with Gasteiger partial charge in [0.15, 0.2) is 0 Å². The number of alkyl halides is 2. The first-order valence-electron chi connectivity index (χ1n) is 9.76. The number of likely N-dealkylation sites (tertiary alicyclic amines) is 1. The van der Waals surface area contributed by atoms with Crippen molar-refractivity contribution in [3.05, 3.63) is 23.9 Å². The minimum atomic E-state index is -3.31. The van der Waals surface area contributed by atoms with Crippen molar-refractivity contribution in [2.75, 3.05) is 44.2 Å². The fraction of sp³-hybridized carbons (Fsp3) is 0.600. The first kappa shape index (κ1) is 21.7. The van der Waals surface area contributed by atoms with E-state index in [2.05, 4.69) is 4.98 Å². The number of amides is 2. The monoisotopic (exact) mass is 421 g/mol. The van der Waals surface area contributed by atoms with Crippen molar-refractivity contribution in [3.8, 4) is 6.07 Å². The lowest BCUT2D eigenvalue weighted by molar-refractivity contribution is -0.145. The predicted octanol–water partition coefficient (Wildman–Crippen LogP) is 2.10. The first-order valence-corrected chi connectivity index (χ1v) is 9.76. The van der Waals surface area contributed by atoms with E-state index in [4.69, 9.17) is 10.00 Å². The summed E-state index contributed by atoms with van der Waals surface area (Å²) in [6.45, 7) is 5.22. The van der Waals surface area contributed by atoms with Crippen LogP contribution in [0.25, 0.3) is 0 Å². The Labute approximate surface area is 174 Å². The second-order valence-corrected chi connectivity index (χ2v) is 8.50. The third kappa shape index (κ3) is 4.78. The van der Waals surface area contributed by atoms with Gasteiger partial charge >= 0.3 is 6.09 Å². The lowest BCUT2D eigenvalue weighted by Crippen LogP contribution is -2.52. The van der Waals surface area contributed by atoms with Gasteiger partial charge in [0.1, 0.15) is 23.4 Å². The molecule has 8 nitrogen and oxygen atoms in total. The van der Waals surface area contributed by atoms with E-state index >= 15 is 0 Å². The van der Waals surface area contributed by atoms with Crippen molar-refractivity contribution in [2.45, 2.75) is 32.3 Å². The van der Waals surface area contributed by atoms with Gasteiger partial charge in [0.05, 0.1) is 12.1 Å². The molecule has 0 saturated carbocycles. The molecule has 0 aliphatic carbocycles. The van der Waals surface area contributed by atoms with Gasteiger partial charge < -0.3 is 19.4 Å². The van der Waals surface area contributed by atoms with Crippen LogP contribution in [0.4, 0.5) is 19.4 Å². The smallest absolute Gasteiger partial charge is 0.410 e. The van der Waals surface area contributed by atoms with Gasteiger partial charge in [-0.25, -0.2) is 18.6 Å². The molecule has 2 fully saturated rings. The molecule has 0 spiro atoms. The van der Waals surface area contributed by atoms with Crippen molar-refractivity contribution in [2.24, 2.45) is 5.92 Å². The number of carbonyl (C=O) groups is 2. The molecular formula is C20H25F2N5O3. The van der Waals surface area contributed by atoms with Gasteiger partial charge in [-0.05, 0) is 32.9 Å². The number of rotatable bonds is 2. The number of hydrogen-bond acceptors (Lipinski definition) is 6. The van der Waals surface area contributed by atoms with Crippen LogP contribution in [-0.4, -0.2) is 77.6 Å². The molecule has 30 heavy (non-hydrogen) atoms. The van der Waals surface area contributed by atoms with Gasteiger partial charge in [-0.15, -0.1) is 0 Å². The molecule has 0 aromatic carbocycles. The molecule has 1 atom stereocenters. The molecule has 2 saturated heterocycles. The van der Waals surface area contributed by atoms with Crippen molar-refractivity contribution in [3.63, 3.8) is 0 Å². The van der Waals surface area contributed by atoms with Gasteiger partial charge in [0.2, 0.25) is 5.91 Å². The quantitative estimate of drug-likeness (QED) is 0.727. The highest BCUT2D eigenvalue weighted by molar-refractivity contribution is 5.82. The molecule has 0 bridgehead atoms. The van der Waals surface area contributed by atoms with Gasteiger partial charge in [-0.1, -0.05) is 0 Å². The van der Waals surface area contributed by atoms with E-state index in [0.717, 1.165) is 4.90 Å². The molecule has 162 valence electrons. The topological polar surface area (TPSA) is 89.8 Å². The lowest BCUT2D eigenvalue weighted by atomic mass is 10.0. The van der Waals surface area contributed by atoms with Gasteiger partial charge in [0.25, 0.3) is 5.92 Å². The molecule has 0 radical (unpaired) electrons. The van der Waals surface area contributed by atoms with Gasteiger partial charge in [-0.2, -0.15) is 5.26 Å². The zero-order valence-corrected chi connectivity index (χ0v) is 17.3. The Morgan fingerprint density at radius 3 is 2.40 bits per heavy atom. The second-order valence-electron chi connectivity index (χ2n) is 8.50. The summed E-state index contributed by atoms with van der Waals surface area (Å²) in [6.07, 6.45) is 0.631. The van der Waals surface area contributed by atoms with Crippen LogP contribution in [0.3, 0.4) is 0 Å². The average Bonchev–Trinajstić information content (AvgIpc) is 3.02. The zero-order chi connectivity index (χ0) is 22.1. The molecule has 0 N–H and O–H groups in total. The number of ether oxygens (including phenoxy) is 1. The zero-order valence-electron chi connectivity index (χ0n) is 17.3. The third-order valence-corrected chi connectivity index (χ3v) is 5.06. The number of hydrogen-bond donors (Lipinski definition) is 0. The van der Waals surface area contributed by atoms with E-state index in [9.17, 15) is 18.4 Å². The summed E-state index contributed by atoms with van der Waals surface area (Å²) >= 11 is 0. The highest BCUT2D eigenvalue weighted by Crippen LogP contribution is 2.35. The van der Waals surface area contributed by atoms with Crippen LogP contribution in [0, 0.1) is 17.2 Å². The van der Waals surface area contributed by atoms with Crippen molar-refractivity contribution >= 4 is 17.8 Å². The maximum absolute atomic E-state index is 14.5. The normalized spacial score (nSPS) is 21.3. The van der Waals surface area contributed by atoms with Crippen LogP contribution in [0.5, 0.6) is 0 Å². The van der Waals surface area contributed by atoms with E-state index in [1.54, 1.807) is 32.9 Å². The molecule has 2 aliphatic rings. The van der Waals surface area contributed by atoms with Crippen LogP contribution in [-0.2, 0) is 9.53 Å². The SMILES string of the molecule is CC(C)(C)OC(=O)N1CC(C(=O)N2CCN(c3ccc(C#N)cn3)CC2)C(F)(F)C1. The van der Waals surface area contributed by atoms with E-state index in [1.165, 1.54) is 11.1 Å². The Kier molecular flexibility index (Phi) is 5.83. The highest BCUT2D eigenvalue weighted by Gasteiger charge is 2.55. The first-order chi connectivity index (χ1) is 14.0. The van der Waals surface area contributed by atoms with Gasteiger partial charge in [0, 0.05) is 38.9 Å². The number of anilines is 1. The molecule has 3 rings (SSSR count). The van der Waals surface area contributed by atoms with Crippen LogP contribution < -0.4 is 4.90 Å². The number of nitriles is 1. The Hall–Kier alpha value is -2.96. The molecule has 1 aromatic heterocycles. The number of aromatic nitrogens is 1. The number of pyridine rings is 1. The molecule has 2 aliphatic heterocycles. The Morgan fingerprint density at radius 2 is 1.87 bits per heavy atom. The number of carbonyl (C=O) groups excluding carboxylic acids is 2. The average molecular weight is 421 g/mol. The van der Waals surface area contributed by atoms with Crippen LogP contribution in [0.2, 0.25) is 0 Å². The lowest BCUT2D eigenvalue weighted by Gasteiger charge is -2.37. The summed E-state index contributed by atoms with van der Waals surface area (Å²) in [5.74, 6) is -4.87. The Morgan fingerprint density at radius 1 is 1.20 bits per heavy atom. The van der Waals surface area contributed by atoms with Crippen molar-refractivity contribution in [1.82, 2.24) is 14.8 Å². The minimum Gasteiger partial charge on any atom is -0.444 e. The Bertz CT molecular complexity index is 839. The molecule has 2 amide bonds. The number of piperazine rings is 1. The summed E-state index contributed by atoms with van der Waals surface area (Å²) in [5, 5.41) is 8.85. The molecule has 10 heteroatoms. The fourth-order valence-corrected chi connectivity index (χ4v) is 3.52. The summed E-state index contributed by atoms with van der Waals surface area (Å²) in [5.41, 5.74) is -0.352. The van der Waals surface area contributed by atoms with Gasteiger partial charge in [-0.3, -0.25) is 4.79 Å². The van der Waals surface area contributed by atoms with Crippen LogP contribution in [0.15, 0.2) is 18.3 Å². The summed E-state index contributed by atoms with van der Waals surface area (Å²) < 4.78 is 34.2. The molecule has 1 aromatic rings. The molecule has 1 unspecified atom stereocenters. The largest absolute Gasteiger partial charge is 0.444 e. The maximum atomic E-state index is 14.5. The maximum Gasteiger partial charge on any atom is 0.410 e. The standard InChI is InChI=1S/C20H25F2N5O3/c1-19(2,3)30-18(29)27-12-15(20(21,22)13-27)17(28)26-8-6-25(7-9-26)16-5-4-14(10-23)11-24-16/h4-5,11,15H,6-9,12-13H2,1-3H3. The highest BCUT2D eigenvalue weighted by atomic mass is 19.3. The summed E-state index contributed by atoms with van der Waals surface area (Å²) in [6, 6.07) is 5.38.